The van der Waals surface area contributed by atoms with Gasteiger partial charge in [0.25, 0.3) is 16.1 Å². The Morgan fingerprint density at radius 2 is 2.05 bits per heavy atom. The molecule has 0 saturated carbocycles. The maximum atomic E-state index is 11.6. The molecule has 0 unspecified atom stereocenters. The van der Waals surface area contributed by atoms with Crippen LogP contribution in [0.3, 0.4) is 0 Å². The van der Waals surface area contributed by atoms with Crippen LogP contribution >= 0.6 is 0 Å². The number of carbonyl (C=O) groups is 1. The Balaban J connectivity index is 2.91. The van der Waals surface area contributed by atoms with Crippen molar-refractivity contribution in [1.82, 2.24) is 0 Å². The monoisotopic (exact) mass is 285 g/mol. The van der Waals surface area contributed by atoms with Crippen molar-refractivity contribution in [3.8, 4) is 5.75 Å². The Morgan fingerprint density at radius 3 is 2.68 bits per heavy atom. The van der Waals surface area contributed by atoms with E-state index in [1.807, 2.05) is 0 Å². The standard InChI is InChI=1S/C11H11NO6S/c1-17-11(14)6-7-18-9-4-2-3-5-10(9)19(15,16)12-8-13/h2-5H,6-7H2,1H3. The number of rotatable bonds is 6. The quantitative estimate of drug-likeness (QED) is 0.432. The van der Waals surface area contributed by atoms with E-state index in [0.29, 0.717) is 0 Å². The van der Waals surface area contributed by atoms with Crippen molar-refractivity contribution in [3.05, 3.63) is 24.3 Å². The molecule has 0 aliphatic rings. The highest BCUT2D eigenvalue weighted by molar-refractivity contribution is 7.90. The molecular formula is C11H11NO6S. The predicted molar refractivity (Wildman–Crippen MR) is 63.9 cm³/mol. The largest absolute Gasteiger partial charge is 0.492 e. The molecule has 1 rings (SSSR count). The van der Waals surface area contributed by atoms with E-state index in [9.17, 15) is 18.0 Å². The molecule has 0 radical (unpaired) electrons. The third kappa shape index (κ3) is 4.20. The van der Waals surface area contributed by atoms with Crippen molar-refractivity contribution in [2.24, 2.45) is 4.40 Å². The van der Waals surface area contributed by atoms with Gasteiger partial charge in [-0.3, -0.25) is 4.79 Å². The smallest absolute Gasteiger partial charge is 0.308 e. The number of methoxy groups -OCH3 is 1. The summed E-state index contributed by atoms with van der Waals surface area (Å²) in [6.45, 7) is -0.0516. The van der Waals surface area contributed by atoms with Gasteiger partial charge in [0.05, 0.1) is 20.1 Å². The van der Waals surface area contributed by atoms with Crippen LogP contribution in [0, 0.1) is 0 Å². The van der Waals surface area contributed by atoms with Gasteiger partial charge in [0.2, 0.25) is 0 Å². The number of sulfonamides is 1. The highest BCUT2D eigenvalue weighted by Gasteiger charge is 2.18. The van der Waals surface area contributed by atoms with Crippen LogP contribution in [0.15, 0.2) is 33.6 Å². The van der Waals surface area contributed by atoms with Crippen LogP contribution in [0.1, 0.15) is 6.42 Å². The minimum Gasteiger partial charge on any atom is -0.492 e. The first-order chi connectivity index (χ1) is 9.01. The average molecular weight is 285 g/mol. The first-order valence-electron chi connectivity index (χ1n) is 5.14. The third-order valence-corrected chi connectivity index (χ3v) is 3.28. The molecule has 102 valence electrons. The van der Waals surface area contributed by atoms with Crippen molar-refractivity contribution in [1.29, 1.82) is 0 Å². The van der Waals surface area contributed by atoms with Crippen LogP contribution in [0.2, 0.25) is 0 Å². The average Bonchev–Trinajstić information content (AvgIpc) is 2.39. The van der Waals surface area contributed by atoms with Gasteiger partial charge in [-0.05, 0) is 12.1 Å². The van der Waals surface area contributed by atoms with Gasteiger partial charge in [0.15, 0.2) is 0 Å². The summed E-state index contributed by atoms with van der Waals surface area (Å²) in [5, 5.41) is 0. The second-order valence-corrected chi connectivity index (χ2v) is 4.85. The van der Waals surface area contributed by atoms with Gasteiger partial charge >= 0.3 is 5.97 Å². The van der Waals surface area contributed by atoms with E-state index in [2.05, 4.69) is 9.13 Å². The van der Waals surface area contributed by atoms with E-state index in [4.69, 9.17) is 4.74 Å². The highest BCUT2D eigenvalue weighted by atomic mass is 32.2. The van der Waals surface area contributed by atoms with Crippen molar-refractivity contribution in [2.45, 2.75) is 11.3 Å². The molecule has 0 heterocycles. The normalized spacial score (nSPS) is 10.4. The molecule has 0 atom stereocenters. The van der Waals surface area contributed by atoms with Gasteiger partial charge in [-0.1, -0.05) is 16.5 Å². The Kier molecular flexibility index (Phi) is 5.23. The maximum absolute atomic E-state index is 11.6. The molecular weight excluding hydrogens is 274 g/mol. The van der Waals surface area contributed by atoms with Crippen LogP contribution < -0.4 is 4.74 Å². The lowest BCUT2D eigenvalue weighted by molar-refractivity contribution is -0.141. The van der Waals surface area contributed by atoms with Crippen molar-refractivity contribution < 1.29 is 27.5 Å². The second kappa shape index (κ2) is 6.67. The van der Waals surface area contributed by atoms with Crippen molar-refractivity contribution >= 4 is 22.1 Å². The molecule has 0 spiro atoms. The number of hydrogen-bond donors (Lipinski definition) is 0. The van der Waals surface area contributed by atoms with Crippen LogP contribution in [0.5, 0.6) is 5.75 Å². The summed E-state index contributed by atoms with van der Waals surface area (Å²) < 4.78 is 35.5. The molecule has 8 heteroatoms. The van der Waals surface area contributed by atoms with Crippen LogP contribution in [-0.2, 0) is 24.3 Å². The minimum atomic E-state index is -4.14. The zero-order chi connectivity index (χ0) is 14.3. The zero-order valence-corrected chi connectivity index (χ0v) is 10.8. The van der Waals surface area contributed by atoms with E-state index in [1.54, 1.807) is 6.07 Å². The molecule has 1 aromatic rings. The van der Waals surface area contributed by atoms with E-state index in [0.717, 1.165) is 6.08 Å². The molecule has 0 amide bonds. The van der Waals surface area contributed by atoms with Crippen molar-refractivity contribution in [2.75, 3.05) is 13.7 Å². The fraction of sp³-hybridized carbons (Fsp3) is 0.273. The van der Waals surface area contributed by atoms with Gasteiger partial charge in [0, 0.05) is 0 Å². The molecule has 0 N–H and O–H groups in total. The van der Waals surface area contributed by atoms with E-state index >= 15 is 0 Å². The fourth-order valence-corrected chi connectivity index (χ4v) is 2.06. The number of ether oxygens (including phenoxy) is 2. The number of benzene rings is 1. The van der Waals surface area contributed by atoms with Gasteiger partial charge in [-0.2, -0.15) is 8.42 Å². The Labute approximate surface area is 109 Å². The molecule has 0 aliphatic heterocycles. The van der Waals surface area contributed by atoms with Crippen LogP contribution in [-0.4, -0.2) is 34.2 Å². The summed E-state index contributed by atoms with van der Waals surface area (Å²) >= 11 is 0. The molecule has 7 nitrogen and oxygen atoms in total. The number of esters is 1. The van der Waals surface area contributed by atoms with Gasteiger partial charge in [-0.25, -0.2) is 4.79 Å². The lowest BCUT2D eigenvalue weighted by Crippen LogP contribution is -2.09. The first kappa shape index (κ1) is 14.9. The molecule has 0 aliphatic carbocycles. The lowest BCUT2D eigenvalue weighted by atomic mass is 10.3. The van der Waals surface area contributed by atoms with E-state index in [-0.39, 0.29) is 23.7 Å². The molecule has 0 bridgehead atoms. The minimum absolute atomic E-state index is 0.00500. The molecule has 0 aromatic heterocycles. The number of para-hydroxylation sites is 1. The topological polar surface area (TPSA) is 99.1 Å². The SMILES string of the molecule is COC(=O)CCOc1ccccc1S(=O)(=O)N=C=O. The number of hydrogen-bond acceptors (Lipinski definition) is 6. The number of nitrogens with zero attached hydrogens (tertiary/aromatic N) is 1. The summed E-state index contributed by atoms with van der Waals surface area (Å²) in [7, 11) is -2.90. The Bertz CT molecular complexity index is 603. The molecule has 0 fully saturated rings. The summed E-state index contributed by atoms with van der Waals surface area (Å²) in [6, 6.07) is 5.64. The summed E-state index contributed by atoms with van der Waals surface area (Å²) in [4.78, 5) is 20.7. The highest BCUT2D eigenvalue weighted by Crippen LogP contribution is 2.24. The van der Waals surface area contributed by atoms with E-state index < -0.39 is 16.0 Å². The third-order valence-electron chi connectivity index (χ3n) is 2.08. The van der Waals surface area contributed by atoms with E-state index in [1.165, 1.54) is 25.3 Å². The summed E-state index contributed by atoms with van der Waals surface area (Å²) in [5.41, 5.74) is 0. The second-order valence-electron chi connectivity index (χ2n) is 3.28. The number of carbonyl (C=O) groups excluding carboxylic acids is 2. The van der Waals surface area contributed by atoms with Gasteiger partial charge in [0.1, 0.15) is 10.6 Å². The molecule has 0 saturated heterocycles. The Hall–Kier alpha value is -2.18. The maximum Gasteiger partial charge on any atom is 0.308 e. The lowest BCUT2D eigenvalue weighted by Gasteiger charge is -2.08. The molecule has 1 aromatic carbocycles. The Morgan fingerprint density at radius 1 is 1.37 bits per heavy atom. The summed E-state index contributed by atoms with van der Waals surface area (Å²) in [6.07, 6.45) is 0.949. The van der Waals surface area contributed by atoms with Crippen molar-refractivity contribution in [3.63, 3.8) is 0 Å². The van der Waals surface area contributed by atoms with Crippen LogP contribution in [0.25, 0.3) is 0 Å². The first-order valence-corrected chi connectivity index (χ1v) is 6.58. The molecule has 19 heavy (non-hydrogen) atoms. The zero-order valence-electron chi connectivity index (χ0n) is 10.0. The van der Waals surface area contributed by atoms with Crippen LogP contribution in [0.4, 0.5) is 0 Å². The predicted octanol–water partition coefficient (Wildman–Crippen LogP) is 0.653. The summed E-state index contributed by atoms with van der Waals surface area (Å²) in [5.74, 6) is -0.475. The fourth-order valence-electron chi connectivity index (χ4n) is 1.23. The van der Waals surface area contributed by atoms with Gasteiger partial charge in [-0.15, -0.1) is 0 Å². The van der Waals surface area contributed by atoms with Gasteiger partial charge < -0.3 is 9.47 Å². The number of isocyanates is 1.